The molecule has 0 bridgehead atoms. The molecule has 1 aromatic heterocycles. The number of hydrogen-bond acceptors (Lipinski definition) is 7. The summed E-state index contributed by atoms with van der Waals surface area (Å²) in [6, 6.07) is 3.82. The largest absolute Gasteiger partial charge is 0.384 e. The highest BCUT2D eigenvalue weighted by atomic mass is 16.5. The maximum Gasteiger partial charge on any atom is 0.158 e. The number of anilines is 2. The summed E-state index contributed by atoms with van der Waals surface area (Å²) in [6.07, 6.45) is 0.411. The zero-order chi connectivity index (χ0) is 14.8. The van der Waals surface area contributed by atoms with Crippen LogP contribution in [0, 0.1) is 11.3 Å². The van der Waals surface area contributed by atoms with Crippen LogP contribution in [0.3, 0.4) is 0 Å². The monoisotopic (exact) mass is 279 g/mol. The topological polar surface area (TPSA) is 97.3 Å². The second-order valence-corrected chi connectivity index (χ2v) is 4.09. The van der Waals surface area contributed by atoms with Gasteiger partial charge in [0.1, 0.15) is 18.2 Å². The fourth-order valence-corrected chi connectivity index (χ4v) is 1.65. The lowest BCUT2D eigenvalue weighted by Gasteiger charge is -2.22. The summed E-state index contributed by atoms with van der Waals surface area (Å²) in [5, 5.41) is 8.73. The van der Waals surface area contributed by atoms with Crippen molar-refractivity contribution in [1.82, 2.24) is 9.97 Å². The summed E-state index contributed by atoms with van der Waals surface area (Å²) in [4.78, 5) is 10.5. The summed E-state index contributed by atoms with van der Waals surface area (Å²) in [6.45, 7) is 4.59. The number of ether oxygens (including phenoxy) is 2. The van der Waals surface area contributed by atoms with Crippen molar-refractivity contribution in [3.05, 3.63) is 11.9 Å². The van der Waals surface area contributed by atoms with E-state index in [1.807, 2.05) is 11.8 Å². The van der Waals surface area contributed by atoms with E-state index in [1.165, 1.54) is 0 Å². The van der Waals surface area contributed by atoms with Crippen LogP contribution in [-0.4, -0.2) is 43.4 Å². The molecule has 0 spiro atoms. The fourth-order valence-electron chi connectivity index (χ4n) is 1.65. The average molecular weight is 279 g/mol. The maximum absolute atomic E-state index is 8.73. The minimum atomic E-state index is 0.324. The van der Waals surface area contributed by atoms with Crippen LogP contribution in [-0.2, 0) is 16.1 Å². The number of hydrogen-bond donors (Lipinski definition) is 1. The van der Waals surface area contributed by atoms with Crippen LogP contribution >= 0.6 is 0 Å². The zero-order valence-corrected chi connectivity index (χ0v) is 12.0. The lowest BCUT2D eigenvalue weighted by atomic mass is 10.3. The van der Waals surface area contributed by atoms with Crippen molar-refractivity contribution in [3.63, 3.8) is 0 Å². The van der Waals surface area contributed by atoms with Crippen molar-refractivity contribution in [2.45, 2.75) is 20.0 Å². The molecule has 1 heterocycles. The van der Waals surface area contributed by atoms with Crippen molar-refractivity contribution in [2.75, 3.05) is 44.0 Å². The Balaban J connectivity index is 2.87. The summed E-state index contributed by atoms with van der Waals surface area (Å²) < 4.78 is 10.4. The molecule has 0 aliphatic rings. The highest BCUT2D eigenvalue weighted by Gasteiger charge is 2.11. The Bertz CT molecular complexity index is 447. The fraction of sp³-hybridized carbons (Fsp3) is 0.615. The second-order valence-electron chi connectivity index (χ2n) is 4.09. The van der Waals surface area contributed by atoms with Crippen molar-refractivity contribution in [1.29, 1.82) is 5.26 Å². The van der Waals surface area contributed by atoms with E-state index in [-0.39, 0.29) is 0 Å². The van der Waals surface area contributed by atoms with E-state index < -0.39 is 0 Å². The third kappa shape index (κ3) is 5.38. The molecule has 0 amide bonds. The minimum absolute atomic E-state index is 0.324. The van der Waals surface area contributed by atoms with Gasteiger partial charge in [0, 0.05) is 32.9 Å². The van der Waals surface area contributed by atoms with Crippen LogP contribution in [0.2, 0.25) is 0 Å². The average Bonchev–Trinajstić information content (AvgIpc) is 2.44. The van der Waals surface area contributed by atoms with E-state index >= 15 is 0 Å². The molecule has 0 saturated heterocycles. The van der Waals surface area contributed by atoms with Gasteiger partial charge >= 0.3 is 0 Å². The molecule has 7 heteroatoms. The normalized spacial score (nSPS) is 10.2. The molecule has 2 N–H and O–H groups in total. The van der Waals surface area contributed by atoms with Crippen LogP contribution in [0.15, 0.2) is 6.07 Å². The summed E-state index contributed by atoms with van der Waals surface area (Å²) in [5.41, 5.74) is 5.80. The molecule has 0 aliphatic carbocycles. The maximum atomic E-state index is 8.73. The van der Waals surface area contributed by atoms with Gasteiger partial charge in [0.05, 0.1) is 19.1 Å². The Morgan fingerprint density at radius 3 is 2.85 bits per heavy atom. The smallest absolute Gasteiger partial charge is 0.158 e. The van der Waals surface area contributed by atoms with Gasteiger partial charge in [0.25, 0.3) is 0 Å². The Labute approximate surface area is 119 Å². The number of nitrogen functional groups attached to an aromatic ring is 1. The molecular weight excluding hydrogens is 258 g/mol. The Morgan fingerprint density at radius 2 is 2.20 bits per heavy atom. The lowest BCUT2D eigenvalue weighted by Crippen LogP contribution is -2.29. The van der Waals surface area contributed by atoms with Crippen molar-refractivity contribution in [2.24, 2.45) is 0 Å². The third-order valence-electron chi connectivity index (χ3n) is 2.60. The molecule has 0 aromatic carbocycles. The van der Waals surface area contributed by atoms with Gasteiger partial charge in [-0.3, -0.25) is 0 Å². The Kier molecular flexibility index (Phi) is 7.32. The third-order valence-corrected chi connectivity index (χ3v) is 2.60. The van der Waals surface area contributed by atoms with Crippen LogP contribution < -0.4 is 10.6 Å². The second kappa shape index (κ2) is 9.07. The predicted molar refractivity (Wildman–Crippen MR) is 76.1 cm³/mol. The first-order valence-electron chi connectivity index (χ1n) is 6.53. The van der Waals surface area contributed by atoms with Crippen molar-refractivity contribution in [3.8, 4) is 6.07 Å². The summed E-state index contributed by atoms with van der Waals surface area (Å²) in [5.74, 6) is 1.63. The van der Waals surface area contributed by atoms with Crippen molar-refractivity contribution >= 4 is 11.6 Å². The summed E-state index contributed by atoms with van der Waals surface area (Å²) >= 11 is 0. The number of nitrogens with zero attached hydrogens (tertiary/aromatic N) is 4. The number of rotatable bonds is 9. The molecular formula is C13H21N5O2. The summed E-state index contributed by atoms with van der Waals surface area (Å²) in [7, 11) is 1.64. The minimum Gasteiger partial charge on any atom is -0.384 e. The first-order chi connectivity index (χ1) is 9.71. The number of nitriles is 1. The van der Waals surface area contributed by atoms with Gasteiger partial charge in [-0.25, -0.2) is 9.97 Å². The van der Waals surface area contributed by atoms with E-state index in [0.29, 0.717) is 56.8 Å². The van der Waals surface area contributed by atoms with Crippen LogP contribution in [0.25, 0.3) is 0 Å². The van der Waals surface area contributed by atoms with Crippen LogP contribution in [0.1, 0.15) is 19.2 Å². The molecule has 0 radical (unpaired) electrons. The van der Waals surface area contributed by atoms with Gasteiger partial charge in [0.15, 0.2) is 5.82 Å². The first-order valence-corrected chi connectivity index (χ1v) is 6.53. The van der Waals surface area contributed by atoms with Crippen LogP contribution in [0.5, 0.6) is 0 Å². The van der Waals surface area contributed by atoms with Gasteiger partial charge < -0.3 is 20.1 Å². The molecule has 7 nitrogen and oxygen atoms in total. The van der Waals surface area contributed by atoms with E-state index in [1.54, 1.807) is 13.2 Å². The SMILES string of the molecule is CCOCc1nc(N)cc(N(CCC#N)CCOC)n1. The zero-order valence-electron chi connectivity index (χ0n) is 12.0. The highest BCUT2D eigenvalue weighted by Crippen LogP contribution is 2.15. The van der Waals surface area contributed by atoms with Gasteiger partial charge in [-0.1, -0.05) is 0 Å². The molecule has 1 rings (SSSR count). The van der Waals surface area contributed by atoms with Gasteiger partial charge in [-0.2, -0.15) is 5.26 Å². The lowest BCUT2D eigenvalue weighted by molar-refractivity contribution is 0.128. The van der Waals surface area contributed by atoms with Crippen LogP contribution in [0.4, 0.5) is 11.6 Å². The number of aromatic nitrogens is 2. The quantitative estimate of drug-likeness (QED) is 0.719. The van der Waals surface area contributed by atoms with Gasteiger partial charge in [-0.15, -0.1) is 0 Å². The molecule has 110 valence electrons. The standard InChI is InChI=1S/C13H21N5O2/c1-3-20-10-12-16-11(15)9-13(17-12)18(6-4-5-14)7-8-19-2/h9H,3-4,6-8,10H2,1-2H3,(H2,15,16,17). The number of methoxy groups -OCH3 is 1. The van der Waals surface area contributed by atoms with Crippen molar-refractivity contribution < 1.29 is 9.47 Å². The predicted octanol–water partition coefficient (Wildman–Crippen LogP) is 0.962. The van der Waals surface area contributed by atoms with E-state index in [4.69, 9.17) is 20.5 Å². The number of nitrogens with two attached hydrogens (primary N) is 1. The molecule has 0 aliphatic heterocycles. The van der Waals surface area contributed by atoms with E-state index in [9.17, 15) is 0 Å². The molecule has 20 heavy (non-hydrogen) atoms. The molecule has 0 unspecified atom stereocenters. The Hall–Kier alpha value is -1.91. The Morgan fingerprint density at radius 1 is 1.40 bits per heavy atom. The van der Waals surface area contributed by atoms with E-state index in [2.05, 4.69) is 16.0 Å². The molecule has 0 fully saturated rings. The van der Waals surface area contributed by atoms with E-state index in [0.717, 1.165) is 0 Å². The molecule has 0 saturated carbocycles. The van der Waals surface area contributed by atoms with Gasteiger partial charge in [-0.05, 0) is 6.92 Å². The van der Waals surface area contributed by atoms with Gasteiger partial charge in [0.2, 0.25) is 0 Å². The molecule has 0 atom stereocenters. The molecule has 1 aromatic rings. The highest BCUT2D eigenvalue weighted by molar-refractivity contribution is 5.47. The first kappa shape index (κ1) is 16.1.